The van der Waals surface area contributed by atoms with E-state index in [-0.39, 0.29) is 41.4 Å². The predicted octanol–water partition coefficient (Wildman–Crippen LogP) is 2.54. The number of benzene rings is 2. The quantitative estimate of drug-likeness (QED) is 0.564. The number of para-hydroxylation sites is 1. The molecule has 0 fully saturated rings. The molecule has 22 heavy (non-hydrogen) atoms. The molecule has 0 aliphatic carbocycles. The number of hydrogen-bond donors (Lipinski definition) is 2. The molecule has 0 spiro atoms. The number of pyridine rings is 1. The molecular weight excluding hydrogens is 289 g/mol. The van der Waals surface area contributed by atoms with E-state index >= 15 is 0 Å². The molecular formula is C17H15NNaO3. The topological polar surface area (TPSA) is 70.2 Å². The first kappa shape index (κ1) is 16.7. The summed E-state index contributed by atoms with van der Waals surface area (Å²) < 4.78 is 0. The van der Waals surface area contributed by atoms with E-state index in [1.165, 1.54) is 0 Å². The van der Waals surface area contributed by atoms with E-state index in [1.807, 2.05) is 26.0 Å². The third-order valence-corrected chi connectivity index (χ3v) is 3.97. The minimum Gasteiger partial charge on any atom is -0.481 e. The molecule has 0 amide bonds. The third kappa shape index (κ3) is 2.70. The van der Waals surface area contributed by atoms with Gasteiger partial charge in [0.15, 0.2) is 5.43 Å². The Labute approximate surface area is 149 Å². The van der Waals surface area contributed by atoms with Crippen molar-refractivity contribution in [2.45, 2.75) is 20.3 Å². The van der Waals surface area contributed by atoms with Gasteiger partial charge in [-0.2, -0.15) is 0 Å². The van der Waals surface area contributed by atoms with Gasteiger partial charge in [0.05, 0.1) is 17.5 Å². The number of aliphatic carboxylic acids is 1. The van der Waals surface area contributed by atoms with Crippen molar-refractivity contribution in [3.63, 3.8) is 0 Å². The van der Waals surface area contributed by atoms with Crippen molar-refractivity contribution < 1.29 is 9.90 Å². The molecule has 5 heteroatoms. The van der Waals surface area contributed by atoms with Gasteiger partial charge in [-0.1, -0.05) is 18.2 Å². The first-order valence-electron chi connectivity index (χ1n) is 6.74. The van der Waals surface area contributed by atoms with Gasteiger partial charge in [0.25, 0.3) is 0 Å². The van der Waals surface area contributed by atoms with Gasteiger partial charge in [-0.25, -0.2) is 0 Å². The van der Waals surface area contributed by atoms with Crippen LogP contribution in [0.3, 0.4) is 0 Å². The average Bonchev–Trinajstić information content (AvgIpc) is 2.44. The molecule has 0 aliphatic rings. The van der Waals surface area contributed by atoms with Crippen molar-refractivity contribution in [3.05, 3.63) is 57.2 Å². The fourth-order valence-corrected chi connectivity index (χ4v) is 2.68. The molecule has 0 unspecified atom stereocenters. The maximum absolute atomic E-state index is 12.6. The van der Waals surface area contributed by atoms with Gasteiger partial charge in [-0.05, 0) is 42.7 Å². The van der Waals surface area contributed by atoms with Crippen LogP contribution in [-0.4, -0.2) is 45.6 Å². The van der Waals surface area contributed by atoms with Gasteiger partial charge in [-0.3, -0.25) is 9.59 Å². The van der Waals surface area contributed by atoms with Gasteiger partial charge < -0.3 is 10.1 Å². The second-order valence-corrected chi connectivity index (χ2v) is 5.29. The van der Waals surface area contributed by atoms with E-state index in [0.717, 1.165) is 16.6 Å². The summed E-state index contributed by atoms with van der Waals surface area (Å²) >= 11 is 0. The largest absolute Gasteiger partial charge is 0.481 e. The maximum Gasteiger partial charge on any atom is 0.307 e. The Bertz CT molecular complexity index is 944. The number of aromatic nitrogens is 1. The molecule has 2 N–H and O–H groups in total. The Kier molecular flexibility index (Phi) is 4.75. The summed E-state index contributed by atoms with van der Waals surface area (Å²) in [6, 6.07) is 8.94. The number of aromatic amines is 1. The van der Waals surface area contributed by atoms with E-state index < -0.39 is 5.97 Å². The molecule has 0 atom stereocenters. The number of carboxylic acids is 1. The second kappa shape index (κ2) is 6.24. The molecule has 1 heterocycles. The zero-order valence-corrected chi connectivity index (χ0v) is 14.9. The van der Waals surface area contributed by atoms with Crippen LogP contribution in [0, 0.1) is 13.8 Å². The number of nitrogens with one attached hydrogen (secondary N) is 1. The van der Waals surface area contributed by atoms with Crippen LogP contribution < -0.4 is 5.43 Å². The molecule has 0 bridgehead atoms. The third-order valence-electron chi connectivity index (χ3n) is 3.97. The molecule has 107 valence electrons. The van der Waals surface area contributed by atoms with Crippen LogP contribution in [-0.2, 0) is 11.2 Å². The first-order chi connectivity index (χ1) is 9.99. The van der Waals surface area contributed by atoms with Crippen LogP contribution in [0.1, 0.15) is 16.7 Å². The van der Waals surface area contributed by atoms with Crippen LogP contribution in [0.4, 0.5) is 0 Å². The Morgan fingerprint density at radius 1 is 1.09 bits per heavy atom. The van der Waals surface area contributed by atoms with E-state index in [2.05, 4.69) is 4.98 Å². The van der Waals surface area contributed by atoms with Crippen molar-refractivity contribution in [1.82, 2.24) is 4.98 Å². The molecule has 2 aromatic carbocycles. The SMILES string of the molecule is Cc1ccc2c(=O)c3cccc(CC(=O)O)c3[nH]c2c1C.[Na]. The van der Waals surface area contributed by atoms with Crippen molar-refractivity contribution in [1.29, 1.82) is 0 Å². The number of aryl methyl sites for hydroxylation is 2. The van der Waals surface area contributed by atoms with E-state index in [1.54, 1.807) is 18.2 Å². The van der Waals surface area contributed by atoms with Crippen LogP contribution in [0.5, 0.6) is 0 Å². The van der Waals surface area contributed by atoms with E-state index in [4.69, 9.17) is 5.11 Å². The fraction of sp³-hybridized carbons (Fsp3) is 0.176. The van der Waals surface area contributed by atoms with E-state index in [0.29, 0.717) is 21.9 Å². The fourth-order valence-electron chi connectivity index (χ4n) is 2.68. The minimum atomic E-state index is -0.913. The molecule has 1 radical (unpaired) electrons. The van der Waals surface area contributed by atoms with Crippen molar-refractivity contribution >= 4 is 57.3 Å². The van der Waals surface area contributed by atoms with Crippen molar-refractivity contribution in [2.75, 3.05) is 0 Å². The minimum absolute atomic E-state index is 0. The van der Waals surface area contributed by atoms with Gasteiger partial charge in [0.2, 0.25) is 0 Å². The Hall–Kier alpha value is -1.62. The first-order valence-corrected chi connectivity index (χ1v) is 6.74. The van der Waals surface area contributed by atoms with Crippen LogP contribution in [0.25, 0.3) is 21.8 Å². The predicted molar refractivity (Wildman–Crippen MR) is 88.6 cm³/mol. The van der Waals surface area contributed by atoms with E-state index in [9.17, 15) is 9.59 Å². The van der Waals surface area contributed by atoms with Crippen molar-refractivity contribution in [3.8, 4) is 0 Å². The maximum atomic E-state index is 12.6. The molecule has 0 saturated heterocycles. The Morgan fingerprint density at radius 3 is 2.45 bits per heavy atom. The number of rotatable bonds is 2. The van der Waals surface area contributed by atoms with Crippen molar-refractivity contribution in [2.24, 2.45) is 0 Å². The van der Waals surface area contributed by atoms with Gasteiger partial charge in [0.1, 0.15) is 0 Å². The summed E-state index contributed by atoms with van der Waals surface area (Å²) in [6.07, 6.45) is -0.107. The smallest absolute Gasteiger partial charge is 0.307 e. The number of hydrogen-bond acceptors (Lipinski definition) is 2. The molecule has 3 aromatic rings. The molecule has 4 nitrogen and oxygen atoms in total. The number of carbonyl (C=O) groups is 1. The number of fused-ring (bicyclic) bond motifs is 2. The zero-order chi connectivity index (χ0) is 15.1. The van der Waals surface area contributed by atoms with Crippen LogP contribution in [0.2, 0.25) is 0 Å². The molecule has 0 aliphatic heterocycles. The van der Waals surface area contributed by atoms with Gasteiger partial charge in [0, 0.05) is 40.3 Å². The Morgan fingerprint density at radius 2 is 1.77 bits per heavy atom. The zero-order valence-electron chi connectivity index (χ0n) is 12.9. The van der Waals surface area contributed by atoms with Crippen LogP contribution >= 0.6 is 0 Å². The summed E-state index contributed by atoms with van der Waals surface area (Å²) in [5.74, 6) is -0.913. The normalized spacial score (nSPS) is 10.6. The molecule has 0 saturated carbocycles. The number of carboxylic acid groups (broad SMARTS) is 1. The molecule has 1 aromatic heterocycles. The Balaban J connectivity index is 0.00000176. The van der Waals surface area contributed by atoms with Gasteiger partial charge >= 0.3 is 5.97 Å². The summed E-state index contributed by atoms with van der Waals surface area (Å²) in [6.45, 7) is 3.94. The summed E-state index contributed by atoms with van der Waals surface area (Å²) in [7, 11) is 0. The standard InChI is InChI=1S/C17H15NO3.Na/c1-9-6-7-13-15(10(9)2)18-16-11(8-14(19)20)4-3-5-12(16)17(13)21;/h3-7H,8H2,1-2H3,(H,18,21)(H,19,20);. The summed E-state index contributed by atoms with van der Waals surface area (Å²) in [5, 5.41) is 10.2. The second-order valence-electron chi connectivity index (χ2n) is 5.29. The van der Waals surface area contributed by atoms with Gasteiger partial charge in [-0.15, -0.1) is 0 Å². The molecule has 3 rings (SSSR count). The number of H-pyrrole nitrogens is 1. The summed E-state index contributed by atoms with van der Waals surface area (Å²) in [5.41, 5.74) is 4.07. The monoisotopic (exact) mass is 304 g/mol. The summed E-state index contributed by atoms with van der Waals surface area (Å²) in [4.78, 5) is 26.9. The van der Waals surface area contributed by atoms with Crippen LogP contribution in [0.15, 0.2) is 35.1 Å². The average molecular weight is 304 g/mol.